The van der Waals surface area contributed by atoms with Crippen LogP contribution in [0, 0.1) is 0 Å². The van der Waals surface area contributed by atoms with Gasteiger partial charge in [0.1, 0.15) is 11.5 Å². The zero-order valence-electron chi connectivity index (χ0n) is 15.3. The van der Waals surface area contributed by atoms with Crippen LogP contribution in [-0.4, -0.2) is 20.1 Å². The summed E-state index contributed by atoms with van der Waals surface area (Å²) in [7, 11) is 3.29. The van der Waals surface area contributed by atoms with Gasteiger partial charge in [-0.05, 0) is 53.1 Å². The van der Waals surface area contributed by atoms with Gasteiger partial charge in [-0.3, -0.25) is 4.79 Å². The van der Waals surface area contributed by atoms with Crippen LogP contribution < -0.4 is 14.8 Å². The summed E-state index contributed by atoms with van der Waals surface area (Å²) in [6.45, 7) is 2.40. The summed E-state index contributed by atoms with van der Waals surface area (Å²) in [5.41, 5.74) is 2.00. The highest BCUT2D eigenvalue weighted by Gasteiger charge is 2.15. The molecule has 1 unspecified atom stereocenters. The normalized spacial score (nSPS) is 11.8. The van der Waals surface area contributed by atoms with Crippen molar-refractivity contribution in [2.75, 3.05) is 14.2 Å². The van der Waals surface area contributed by atoms with Gasteiger partial charge in [-0.2, -0.15) is 0 Å². The monoisotopic (exact) mass is 349 g/mol. The fraction of sp³-hybridized carbons (Fsp3) is 0.227. The van der Waals surface area contributed by atoms with E-state index in [1.807, 2.05) is 61.5 Å². The molecule has 0 spiro atoms. The molecule has 0 saturated heterocycles. The Labute approximate surface area is 153 Å². The molecular formula is C22H23NO3. The Kier molecular flexibility index (Phi) is 5.42. The first-order chi connectivity index (χ1) is 12.6. The Morgan fingerprint density at radius 1 is 0.923 bits per heavy atom. The third-order valence-electron chi connectivity index (χ3n) is 4.57. The second kappa shape index (κ2) is 7.91. The highest BCUT2D eigenvalue weighted by Crippen LogP contribution is 2.25. The molecule has 1 atom stereocenters. The zero-order chi connectivity index (χ0) is 18.5. The average molecular weight is 349 g/mol. The number of nitrogens with one attached hydrogen (secondary N) is 1. The standard InChI is InChI=1S/C22H23NO3/c1-15(22(24)23-14-16-5-4-6-20(11-16)25-2)17-7-8-19-13-21(26-3)10-9-18(19)12-17/h4-13,15H,14H2,1-3H3,(H,23,24). The number of carbonyl (C=O) groups excluding carboxylic acids is 1. The fourth-order valence-corrected chi connectivity index (χ4v) is 2.91. The molecule has 3 aromatic carbocycles. The first-order valence-electron chi connectivity index (χ1n) is 8.59. The molecule has 0 heterocycles. The number of rotatable bonds is 6. The predicted molar refractivity (Wildman–Crippen MR) is 104 cm³/mol. The second-order valence-electron chi connectivity index (χ2n) is 6.26. The molecule has 4 heteroatoms. The molecule has 0 bridgehead atoms. The topological polar surface area (TPSA) is 47.6 Å². The van der Waals surface area contributed by atoms with Gasteiger partial charge in [-0.15, -0.1) is 0 Å². The van der Waals surface area contributed by atoms with E-state index < -0.39 is 0 Å². The SMILES string of the molecule is COc1cccc(CNC(=O)C(C)c2ccc3cc(OC)ccc3c2)c1. The summed E-state index contributed by atoms with van der Waals surface area (Å²) in [5.74, 6) is 1.39. The molecule has 26 heavy (non-hydrogen) atoms. The lowest BCUT2D eigenvalue weighted by Gasteiger charge is -2.14. The molecular weight excluding hydrogens is 326 g/mol. The van der Waals surface area contributed by atoms with Crippen molar-refractivity contribution in [3.05, 3.63) is 71.8 Å². The molecule has 1 amide bonds. The molecule has 134 valence electrons. The quantitative estimate of drug-likeness (QED) is 0.723. The Balaban J connectivity index is 1.70. The zero-order valence-corrected chi connectivity index (χ0v) is 15.3. The van der Waals surface area contributed by atoms with E-state index in [4.69, 9.17) is 9.47 Å². The van der Waals surface area contributed by atoms with Crippen molar-refractivity contribution in [3.8, 4) is 11.5 Å². The lowest BCUT2D eigenvalue weighted by Crippen LogP contribution is -2.27. The summed E-state index contributed by atoms with van der Waals surface area (Å²) in [6, 6.07) is 19.7. The number of fused-ring (bicyclic) bond motifs is 1. The Morgan fingerprint density at radius 2 is 1.62 bits per heavy atom. The number of methoxy groups -OCH3 is 2. The number of hydrogen-bond acceptors (Lipinski definition) is 3. The molecule has 0 saturated carbocycles. The van der Waals surface area contributed by atoms with Gasteiger partial charge in [0.2, 0.25) is 5.91 Å². The smallest absolute Gasteiger partial charge is 0.227 e. The highest BCUT2D eigenvalue weighted by molar-refractivity contribution is 5.88. The molecule has 0 fully saturated rings. The van der Waals surface area contributed by atoms with E-state index >= 15 is 0 Å². The van der Waals surface area contributed by atoms with Crippen LogP contribution >= 0.6 is 0 Å². The summed E-state index contributed by atoms with van der Waals surface area (Å²) in [4.78, 5) is 12.5. The molecule has 4 nitrogen and oxygen atoms in total. The molecule has 0 aliphatic carbocycles. The number of carbonyl (C=O) groups is 1. The summed E-state index contributed by atoms with van der Waals surface area (Å²) in [5, 5.41) is 5.19. The summed E-state index contributed by atoms with van der Waals surface area (Å²) >= 11 is 0. The average Bonchev–Trinajstić information content (AvgIpc) is 2.70. The Hall–Kier alpha value is -3.01. The Morgan fingerprint density at radius 3 is 2.38 bits per heavy atom. The van der Waals surface area contributed by atoms with E-state index in [9.17, 15) is 4.79 Å². The summed E-state index contributed by atoms with van der Waals surface area (Å²) in [6.07, 6.45) is 0. The number of hydrogen-bond donors (Lipinski definition) is 1. The van der Waals surface area contributed by atoms with E-state index in [1.54, 1.807) is 14.2 Å². The predicted octanol–water partition coefficient (Wildman–Crippen LogP) is 4.28. The maximum Gasteiger partial charge on any atom is 0.227 e. The maximum absolute atomic E-state index is 12.5. The molecule has 0 aliphatic heterocycles. The van der Waals surface area contributed by atoms with Crippen LogP contribution in [0.3, 0.4) is 0 Å². The fourth-order valence-electron chi connectivity index (χ4n) is 2.91. The molecule has 3 rings (SSSR count). The number of ether oxygens (including phenoxy) is 2. The number of amides is 1. The minimum absolute atomic E-state index is 0.000631. The van der Waals surface area contributed by atoms with Gasteiger partial charge < -0.3 is 14.8 Å². The van der Waals surface area contributed by atoms with Crippen LogP contribution in [0.5, 0.6) is 11.5 Å². The third kappa shape index (κ3) is 3.97. The molecule has 0 radical (unpaired) electrons. The van der Waals surface area contributed by atoms with Crippen molar-refractivity contribution in [3.63, 3.8) is 0 Å². The second-order valence-corrected chi connectivity index (χ2v) is 6.26. The largest absolute Gasteiger partial charge is 0.497 e. The molecule has 0 aromatic heterocycles. The third-order valence-corrected chi connectivity index (χ3v) is 4.57. The minimum Gasteiger partial charge on any atom is -0.497 e. The van der Waals surface area contributed by atoms with E-state index in [2.05, 4.69) is 11.4 Å². The van der Waals surface area contributed by atoms with Gasteiger partial charge in [0, 0.05) is 6.54 Å². The van der Waals surface area contributed by atoms with Gasteiger partial charge in [0.25, 0.3) is 0 Å². The van der Waals surface area contributed by atoms with Crippen LogP contribution in [-0.2, 0) is 11.3 Å². The van der Waals surface area contributed by atoms with Crippen LogP contribution in [0.2, 0.25) is 0 Å². The van der Waals surface area contributed by atoms with Crippen molar-refractivity contribution in [1.29, 1.82) is 0 Å². The lowest BCUT2D eigenvalue weighted by atomic mass is 9.97. The van der Waals surface area contributed by atoms with Crippen molar-refractivity contribution in [1.82, 2.24) is 5.32 Å². The van der Waals surface area contributed by atoms with Gasteiger partial charge in [0.15, 0.2) is 0 Å². The van der Waals surface area contributed by atoms with Crippen molar-refractivity contribution in [2.24, 2.45) is 0 Å². The van der Waals surface area contributed by atoms with Crippen molar-refractivity contribution >= 4 is 16.7 Å². The molecule has 3 aromatic rings. The van der Waals surface area contributed by atoms with Gasteiger partial charge in [-0.25, -0.2) is 0 Å². The first kappa shape index (κ1) is 17.8. The maximum atomic E-state index is 12.5. The van der Waals surface area contributed by atoms with Crippen molar-refractivity contribution < 1.29 is 14.3 Å². The first-order valence-corrected chi connectivity index (χ1v) is 8.59. The van der Waals surface area contributed by atoms with Gasteiger partial charge >= 0.3 is 0 Å². The number of benzene rings is 3. The van der Waals surface area contributed by atoms with Crippen LogP contribution in [0.1, 0.15) is 24.0 Å². The lowest BCUT2D eigenvalue weighted by molar-refractivity contribution is -0.122. The van der Waals surface area contributed by atoms with E-state index in [-0.39, 0.29) is 11.8 Å². The van der Waals surface area contributed by atoms with Crippen LogP contribution in [0.25, 0.3) is 10.8 Å². The minimum atomic E-state index is -0.230. The van der Waals surface area contributed by atoms with E-state index in [1.165, 1.54) is 0 Å². The van der Waals surface area contributed by atoms with Crippen LogP contribution in [0.15, 0.2) is 60.7 Å². The van der Waals surface area contributed by atoms with E-state index in [0.717, 1.165) is 33.4 Å². The molecule has 0 aliphatic rings. The Bertz CT molecular complexity index is 920. The molecule has 1 N–H and O–H groups in total. The van der Waals surface area contributed by atoms with Crippen molar-refractivity contribution in [2.45, 2.75) is 19.4 Å². The highest BCUT2D eigenvalue weighted by atomic mass is 16.5. The van der Waals surface area contributed by atoms with Gasteiger partial charge in [0.05, 0.1) is 20.1 Å². The van der Waals surface area contributed by atoms with Gasteiger partial charge in [-0.1, -0.05) is 36.4 Å². The van der Waals surface area contributed by atoms with E-state index in [0.29, 0.717) is 6.54 Å². The van der Waals surface area contributed by atoms with Crippen LogP contribution in [0.4, 0.5) is 0 Å². The summed E-state index contributed by atoms with van der Waals surface area (Å²) < 4.78 is 10.5.